The molecule has 0 saturated heterocycles. The summed E-state index contributed by atoms with van der Waals surface area (Å²) >= 11 is 3.56. The maximum Gasteiger partial charge on any atom is 0.258 e. The van der Waals surface area contributed by atoms with E-state index in [9.17, 15) is 9.59 Å². The fraction of sp³-hybridized carbons (Fsp3) is 0.107. The van der Waals surface area contributed by atoms with Crippen LogP contribution in [0.25, 0.3) is 28.1 Å². The van der Waals surface area contributed by atoms with Crippen molar-refractivity contribution in [1.82, 2.24) is 9.99 Å². The predicted octanol–water partition coefficient (Wildman–Crippen LogP) is 6.00. The molecule has 1 aliphatic heterocycles. The Labute approximate surface area is 205 Å². The Morgan fingerprint density at radius 1 is 1.03 bits per heavy atom. The largest absolute Gasteiger partial charge is 0.321 e. The molecule has 0 spiro atoms. The lowest BCUT2D eigenvalue weighted by molar-refractivity contribution is -0.129. The van der Waals surface area contributed by atoms with Crippen molar-refractivity contribution in [1.29, 1.82) is 0 Å². The highest BCUT2D eigenvalue weighted by Gasteiger charge is 2.31. The van der Waals surface area contributed by atoms with Gasteiger partial charge in [-0.3, -0.25) is 9.59 Å². The number of nitrogens with one attached hydrogen (secondary N) is 1. The number of nitrogens with zero attached hydrogens (tertiary/aromatic N) is 2. The maximum absolute atomic E-state index is 13.4. The summed E-state index contributed by atoms with van der Waals surface area (Å²) in [6.45, 7) is 1.50. The second kappa shape index (κ2) is 9.23. The molecule has 3 aromatic carbocycles. The lowest BCUT2D eigenvalue weighted by Crippen LogP contribution is -2.29. The van der Waals surface area contributed by atoms with Gasteiger partial charge in [-0.25, -0.2) is 5.01 Å². The van der Waals surface area contributed by atoms with Gasteiger partial charge >= 0.3 is 0 Å². The van der Waals surface area contributed by atoms with Crippen LogP contribution in [-0.4, -0.2) is 27.7 Å². The molecule has 0 saturated carbocycles. The number of benzene rings is 3. The highest BCUT2D eigenvalue weighted by molar-refractivity contribution is 9.10. The van der Waals surface area contributed by atoms with Crippen molar-refractivity contribution in [3.05, 3.63) is 111 Å². The van der Waals surface area contributed by atoms with Gasteiger partial charge in [-0.15, -0.1) is 0 Å². The fourth-order valence-electron chi connectivity index (χ4n) is 4.37. The Hall–Kier alpha value is -3.77. The van der Waals surface area contributed by atoms with Crippen molar-refractivity contribution in [3.8, 4) is 11.1 Å². The second-order valence-electron chi connectivity index (χ2n) is 8.21. The van der Waals surface area contributed by atoms with Gasteiger partial charge in [0.15, 0.2) is 0 Å². The Balaban J connectivity index is 1.66. The van der Waals surface area contributed by atoms with Gasteiger partial charge in [0.2, 0.25) is 5.91 Å². The van der Waals surface area contributed by atoms with Crippen LogP contribution in [0.1, 0.15) is 24.5 Å². The van der Waals surface area contributed by atoms with Crippen molar-refractivity contribution in [2.75, 3.05) is 0 Å². The van der Waals surface area contributed by atoms with Crippen LogP contribution in [0.5, 0.6) is 0 Å². The van der Waals surface area contributed by atoms with Crippen molar-refractivity contribution in [2.45, 2.75) is 19.4 Å². The van der Waals surface area contributed by atoms with E-state index in [1.165, 1.54) is 11.9 Å². The van der Waals surface area contributed by atoms with E-state index in [1.807, 2.05) is 91.0 Å². The summed E-state index contributed by atoms with van der Waals surface area (Å²) in [4.78, 5) is 28.8. The quantitative estimate of drug-likeness (QED) is 0.365. The summed E-state index contributed by atoms with van der Waals surface area (Å²) in [6, 6.07) is 25.3. The SMILES string of the molecule is CC(=O)N1N=C(c2c(-c3ccccc3)c3cc(Br)ccc3[nH]c2=O)CC1/C=C/c1ccccc1. The van der Waals surface area contributed by atoms with Gasteiger partial charge in [-0.2, -0.15) is 5.10 Å². The smallest absolute Gasteiger partial charge is 0.258 e. The fourth-order valence-corrected chi connectivity index (χ4v) is 4.73. The van der Waals surface area contributed by atoms with Crippen molar-refractivity contribution < 1.29 is 4.79 Å². The minimum absolute atomic E-state index is 0.168. The van der Waals surface area contributed by atoms with Gasteiger partial charge in [0.05, 0.1) is 17.3 Å². The van der Waals surface area contributed by atoms with E-state index >= 15 is 0 Å². The average Bonchev–Trinajstić information content (AvgIpc) is 3.27. The van der Waals surface area contributed by atoms with E-state index in [4.69, 9.17) is 0 Å². The molecule has 0 fully saturated rings. The lowest BCUT2D eigenvalue weighted by atomic mass is 9.92. The zero-order chi connectivity index (χ0) is 23.7. The number of aromatic amines is 1. The van der Waals surface area contributed by atoms with E-state index in [2.05, 4.69) is 26.0 Å². The van der Waals surface area contributed by atoms with Crippen LogP contribution in [0.4, 0.5) is 0 Å². The van der Waals surface area contributed by atoms with Gasteiger partial charge < -0.3 is 4.98 Å². The van der Waals surface area contributed by atoms with Gasteiger partial charge in [0.25, 0.3) is 5.56 Å². The molecule has 5 rings (SSSR count). The van der Waals surface area contributed by atoms with Gasteiger partial charge in [0, 0.05) is 34.3 Å². The molecule has 6 heteroatoms. The standard InChI is InChI=1S/C28H22BrN3O2/c1-18(33)32-22(14-12-19-8-4-2-5-9-19)17-25(31-32)27-26(20-10-6-3-7-11-20)23-16-21(29)13-15-24(23)30-28(27)34/h2-16,22H,17H2,1H3,(H,30,34)/b14-12+. The van der Waals surface area contributed by atoms with Crippen LogP contribution in [0.3, 0.4) is 0 Å². The summed E-state index contributed by atoms with van der Waals surface area (Å²) in [5.41, 5.74) is 4.40. The monoisotopic (exact) mass is 511 g/mol. The minimum Gasteiger partial charge on any atom is -0.321 e. The highest BCUT2D eigenvalue weighted by Crippen LogP contribution is 2.34. The molecule has 0 aliphatic carbocycles. The number of amides is 1. The van der Waals surface area contributed by atoms with Gasteiger partial charge in [0.1, 0.15) is 0 Å². The Morgan fingerprint density at radius 2 is 1.74 bits per heavy atom. The van der Waals surface area contributed by atoms with Crippen LogP contribution in [-0.2, 0) is 4.79 Å². The van der Waals surface area contributed by atoms with Crippen molar-refractivity contribution >= 4 is 44.5 Å². The average molecular weight is 512 g/mol. The van der Waals surface area contributed by atoms with Crippen molar-refractivity contribution in [2.24, 2.45) is 5.10 Å². The molecule has 1 aliphatic rings. The Morgan fingerprint density at radius 3 is 2.44 bits per heavy atom. The van der Waals surface area contributed by atoms with E-state index in [-0.39, 0.29) is 17.5 Å². The molecule has 5 nitrogen and oxygen atoms in total. The summed E-state index contributed by atoms with van der Waals surface area (Å²) in [5, 5.41) is 7.02. The number of pyridine rings is 1. The summed E-state index contributed by atoms with van der Waals surface area (Å²) < 4.78 is 0.914. The number of rotatable bonds is 4. The number of carbonyl (C=O) groups is 1. The summed E-state index contributed by atoms with van der Waals surface area (Å²) in [7, 11) is 0. The Bertz CT molecular complexity index is 1490. The Kier molecular flexibility index (Phi) is 5.99. The van der Waals surface area contributed by atoms with Crippen LogP contribution in [0.15, 0.2) is 99.3 Å². The van der Waals surface area contributed by atoms with Gasteiger partial charge in [-0.1, -0.05) is 88.7 Å². The summed E-state index contributed by atoms with van der Waals surface area (Å²) in [5.74, 6) is -0.168. The third kappa shape index (κ3) is 4.24. The lowest BCUT2D eigenvalue weighted by Gasteiger charge is -2.16. The molecule has 1 amide bonds. The molecule has 1 atom stereocenters. The van der Waals surface area contributed by atoms with E-state index < -0.39 is 0 Å². The molecule has 0 bridgehead atoms. The highest BCUT2D eigenvalue weighted by atomic mass is 79.9. The number of carbonyl (C=O) groups excluding carboxylic acids is 1. The number of H-pyrrole nitrogens is 1. The molecule has 0 radical (unpaired) electrons. The molecule has 1 N–H and O–H groups in total. The number of hydrogen-bond acceptors (Lipinski definition) is 3. The normalized spacial score (nSPS) is 15.8. The zero-order valence-electron chi connectivity index (χ0n) is 18.5. The van der Waals surface area contributed by atoms with E-state index in [1.54, 1.807) is 0 Å². The molecule has 4 aromatic rings. The molecule has 34 heavy (non-hydrogen) atoms. The molecule has 168 valence electrons. The minimum atomic E-state index is -0.270. The first-order valence-electron chi connectivity index (χ1n) is 11.0. The van der Waals surface area contributed by atoms with Crippen LogP contribution < -0.4 is 5.56 Å². The molecular weight excluding hydrogens is 490 g/mol. The number of halogens is 1. The first-order valence-corrected chi connectivity index (χ1v) is 11.8. The van der Waals surface area contributed by atoms with E-state index in [0.717, 1.165) is 32.1 Å². The molecular formula is C28H22BrN3O2. The number of hydrazone groups is 1. The summed E-state index contributed by atoms with van der Waals surface area (Å²) in [6.07, 6.45) is 4.41. The van der Waals surface area contributed by atoms with Crippen LogP contribution >= 0.6 is 15.9 Å². The number of fused-ring (bicyclic) bond motifs is 1. The van der Waals surface area contributed by atoms with Crippen molar-refractivity contribution in [3.63, 3.8) is 0 Å². The molecule has 1 unspecified atom stereocenters. The van der Waals surface area contributed by atoms with Gasteiger partial charge in [-0.05, 0) is 29.3 Å². The van der Waals surface area contributed by atoms with Crippen LogP contribution in [0, 0.1) is 0 Å². The zero-order valence-corrected chi connectivity index (χ0v) is 20.1. The third-order valence-corrected chi connectivity index (χ3v) is 6.40. The second-order valence-corrected chi connectivity index (χ2v) is 9.13. The first-order chi connectivity index (χ1) is 16.5. The third-order valence-electron chi connectivity index (χ3n) is 5.91. The van der Waals surface area contributed by atoms with E-state index in [0.29, 0.717) is 17.7 Å². The maximum atomic E-state index is 13.4. The predicted molar refractivity (Wildman–Crippen MR) is 141 cm³/mol. The molecule has 1 aromatic heterocycles. The first kappa shape index (κ1) is 22.0. The number of aromatic nitrogens is 1. The molecule has 2 heterocycles. The topological polar surface area (TPSA) is 65.5 Å². The number of hydrogen-bond donors (Lipinski definition) is 1. The van der Waals surface area contributed by atoms with Crippen LogP contribution in [0.2, 0.25) is 0 Å².